The second kappa shape index (κ2) is 21.9. The Morgan fingerprint density at radius 1 is 0.840 bits per heavy atom. The molecule has 0 aliphatic carbocycles. The number of nitrogens with one attached hydrogen (secondary N) is 5. The number of aliphatic imine (C=N–C) groups is 1. The van der Waals surface area contributed by atoms with Gasteiger partial charge in [-0.05, 0) is 51.4 Å². The minimum Gasteiger partial charge on any atom is -0.394 e. The van der Waals surface area contributed by atoms with Crippen LogP contribution in [0, 0.1) is 11.8 Å². The van der Waals surface area contributed by atoms with Crippen LogP contribution in [0.1, 0.15) is 80.1 Å². The van der Waals surface area contributed by atoms with E-state index >= 15 is 0 Å². The molecule has 286 valence electrons. The summed E-state index contributed by atoms with van der Waals surface area (Å²) in [5.41, 5.74) is 16.8. The van der Waals surface area contributed by atoms with Gasteiger partial charge in [-0.3, -0.25) is 33.8 Å². The van der Waals surface area contributed by atoms with Crippen molar-refractivity contribution in [3.63, 3.8) is 0 Å². The van der Waals surface area contributed by atoms with Crippen molar-refractivity contribution in [2.45, 2.75) is 122 Å². The zero-order valence-electron chi connectivity index (χ0n) is 30.2. The highest BCUT2D eigenvalue weighted by atomic mass is 16.3. The predicted molar refractivity (Wildman–Crippen MR) is 187 cm³/mol. The number of aliphatic hydroxyl groups excluding tert-OH is 2. The SMILES string of the molecule is CCNC(=O)[C@@H]1CCCN1C(=O)[C@H](CCCN=C(N)N)NC(=O)[C@@H](NC(=O)[C@@H](NC(=O)[C@H](CO)NC(=O)[C@H](N)[C@@H](C)CC)[C@@H](C)O)[C@@H](C)CC. The number of amides is 6. The molecule has 1 aliphatic rings. The number of rotatable bonds is 21. The van der Waals surface area contributed by atoms with Crippen LogP contribution < -0.4 is 43.8 Å². The van der Waals surface area contributed by atoms with Crippen LogP contribution in [0.15, 0.2) is 4.99 Å². The van der Waals surface area contributed by atoms with Gasteiger partial charge in [0.1, 0.15) is 30.2 Å². The van der Waals surface area contributed by atoms with Crippen LogP contribution in [0.4, 0.5) is 0 Å². The summed E-state index contributed by atoms with van der Waals surface area (Å²) in [5, 5.41) is 33.1. The summed E-state index contributed by atoms with van der Waals surface area (Å²) in [6.07, 6.45) is 1.08. The maximum absolute atomic E-state index is 13.8. The van der Waals surface area contributed by atoms with Crippen LogP contribution in [0.5, 0.6) is 0 Å². The number of likely N-dealkylation sites (tertiary alicyclic amines) is 1. The Labute approximate surface area is 294 Å². The third kappa shape index (κ3) is 13.4. The average molecular weight is 713 g/mol. The molecule has 0 radical (unpaired) electrons. The zero-order chi connectivity index (χ0) is 38.1. The first-order valence-corrected chi connectivity index (χ1v) is 17.4. The molecule has 1 saturated heterocycles. The molecule has 0 spiro atoms. The van der Waals surface area contributed by atoms with Gasteiger partial charge in [0.15, 0.2) is 5.96 Å². The molecule has 1 fully saturated rings. The number of carbonyl (C=O) groups is 6. The number of hydrogen-bond acceptors (Lipinski definition) is 10. The fraction of sp³-hybridized carbons (Fsp3) is 0.781. The molecule has 0 bridgehead atoms. The van der Waals surface area contributed by atoms with E-state index < -0.39 is 84.4 Å². The standard InChI is InChI=1S/C32H60N10O8/c1-7-17(4)23(33)28(47)39-21(16-43)26(45)41-25(19(6)44)30(49)40-24(18(5)8-2)29(48)38-20(12-10-14-37-32(34)35)31(50)42-15-11-13-22(42)27(46)36-9-3/h17-25,43-44H,7-16,33H2,1-6H3,(H,36,46)(H,38,48)(H,39,47)(H,40,49)(H,41,45)(H4,34,35,37)/t17-,18-,19+,20-,21-,22-,23+,24-,25-/m0/s1. The summed E-state index contributed by atoms with van der Waals surface area (Å²) in [5.74, 6) is -4.81. The lowest BCUT2D eigenvalue weighted by Gasteiger charge is -2.32. The third-order valence-electron chi connectivity index (χ3n) is 8.98. The Kier molecular flexibility index (Phi) is 19.3. The summed E-state index contributed by atoms with van der Waals surface area (Å²) < 4.78 is 0. The van der Waals surface area contributed by atoms with Crippen molar-refractivity contribution in [3.05, 3.63) is 0 Å². The minimum absolute atomic E-state index is 0.127. The van der Waals surface area contributed by atoms with Crippen LogP contribution in [-0.2, 0) is 28.8 Å². The maximum Gasteiger partial charge on any atom is 0.245 e. The van der Waals surface area contributed by atoms with E-state index in [1.165, 1.54) is 11.8 Å². The van der Waals surface area contributed by atoms with Gasteiger partial charge >= 0.3 is 0 Å². The first-order valence-electron chi connectivity index (χ1n) is 17.4. The Morgan fingerprint density at radius 3 is 1.96 bits per heavy atom. The van der Waals surface area contributed by atoms with Gasteiger partial charge in [0.05, 0.1) is 18.8 Å². The first-order chi connectivity index (χ1) is 23.5. The lowest BCUT2D eigenvalue weighted by atomic mass is 9.96. The summed E-state index contributed by atoms with van der Waals surface area (Å²) in [6.45, 7) is 10.2. The Bertz CT molecular complexity index is 1180. The number of hydrogen-bond donors (Lipinski definition) is 10. The maximum atomic E-state index is 13.8. The van der Waals surface area contributed by atoms with Crippen LogP contribution >= 0.6 is 0 Å². The van der Waals surface area contributed by atoms with Crippen LogP contribution in [0.25, 0.3) is 0 Å². The lowest BCUT2D eigenvalue weighted by Crippen LogP contribution is -2.62. The van der Waals surface area contributed by atoms with Gasteiger partial charge in [0.25, 0.3) is 0 Å². The monoisotopic (exact) mass is 712 g/mol. The van der Waals surface area contributed by atoms with Crippen molar-refractivity contribution in [1.29, 1.82) is 0 Å². The highest BCUT2D eigenvalue weighted by Crippen LogP contribution is 2.20. The summed E-state index contributed by atoms with van der Waals surface area (Å²) in [7, 11) is 0. The molecule has 13 N–H and O–H groups in total. The van der Waals surface area contributed by atoms with Crippen molar-refractivity contribution < 1.29 is 39.0 Å². The van der Waals surface area contributed by atoms with Crippen molar-refractivity contribution >= 4 is 41.4 Å². The minimum atomic E-state index is -1.59. The van der Waals surface area contributed by atoms with Crippen molar-refractivity contribution in [3.8, 4) is 0 Å². The van der Waals surface area contributed by atoms with Crippen molar-refractivity contribution in [1.82, 2.24) is 31.5 Å². The van der Waals surface area contributed by atoms with Gasteiger partial charge in [0.2, 0.25) is 35.4 Å². The molecule has 9 atom stereocenters. The summed E-state index contributed by atoms with van der Waals surface area (Å²) in [6, 6.07) is -7.00. The van der Waals surface area contributed by atoms with Crippen molar-refractivity contribution in [2.75, 3.05) is 26.2 Å². The summed E-state index contributed by atoms with van der Waals surface area (Å²) >= 11 is 0. The fourth-order valence-electron chi connectivity index (χ4n) is 5.40. The molecule has 1 rings (SSSR count). The highest BCUT2D eigenvalue weighted by molar-refractivity contribution is 5.97. The highest BCUT2D eigenvalue weighted by Gasteiger charge is 2.39. The molecule has 1 heterocycles. The molecule has 0 aromatic heterocycles. The van der Waals surface area contributed by atoms with E-state index in [0.29, 0.717) is 45.2 Å². The largest absolute Gasteiger partial charge is 0.394 e. The van der Waals surface area contributed by atoms with Crippen molar-refractivity contribution in [2.24, 2.45) is 34.0 Å². The first kappa shape index (κ1) is 44.0. The molecule has 50 heavy (non-hydrogen) atoms. The molecular formula is C32H60N10O8. The van der Waals surface area contributed by atoms with Crippen LogP contribution in [0.2, 0.25) is 0 Å². The molecule has 0 aromatic carbocycles. The van der Waals surface area contributed by atoms with Gasteiger partial charge < -0.3 is 58.9 Å². The predicted octanol–water partition coefficient (Wildman–Crippen LogP) is -3.10. The van der Waals surface area contributed by atoms with E-state index in [-0.39, 0.29) is 30.8 Å². The molecular weight excluding hydrogens is 652 g/mol. The molecule has 18 nitrogen and oxygen atoms in total. The Balaban J connectivity index is 3.22. The van der Waals surface area contributed by atoms with E-state index in [9.17, 15) is 39.0 Å². The summed E-state index contributed by atoms with van der Waals surface area (Å²) in [4.78, 5) is 84.8. The Morgan fingerprint density at radius 2 is 1.42 bits per heavy atom. The topological polar surface area (TPSA) is 297 Å². The second-order valence-corrected chi connectivity index (χ2v) is 12.8. The number of nitrogens with zero attached hydrogens (tertiary/aromatic N) is 2. The average Bonchev–Trinajstić information content (AvgIpc) is 3.58. The normalized spacial score (nSPS) is 19.0. The van der Waals surface area contributed by atoms with E-state index in [0.717, 1.165) is 0 Å². The van der Waals surface area contributed by atoms with Crippen LogP contribution in [-0.4, -0.2) is 125 Å². The fourth-order valence-corrected chi connectivity index (χ4v) is 5.40. The van der Waals surface area contributed by atoms with Crippen LogP contribution in [0.3, 0.4) is 0 Å². The van der Waals surface area contributed by atoms with Gasteiger partial charge in [0, 0.05) is 19.6 Å². The Hall–Kier alpha value is -4.03. The quantitative estimate of drug-likeness (QED) is 0.0323. The molecule has 0 aromatic rings. The molecule has 0 unspecified atom stereocenters. The smallest absolute Gasteiger partial charge is 0.245 e. The van der Waals surface area contributed by atoms with Gasteiger partial charge in [-0.15, -0.1) is 0 Å². The van der Waals surface area contributed by atoms with Gasteiger partial charge in [-0.1, -0.05) is 40.5 Å². The number of nitrogens with two attached hydrogens (primary N) is 3. The molecule has 18 heteroatoms. The molecule has 0 saturated carbocycles. The van der Waals surface area contributed by atoms with Gasteiger partial charge in [-0.2, -0.15) is 0 Å². The lowest BCUT2D eigenvalue weighted by molar-refractivity contribution is -0.142. The number of guanidine groups is 1. The van der Waals surface area contributed by atoms with Gasteiger partial charge in [-0.25, -0.2) is 0 Å². The van der Waals surface area contributed by atoms with E-state index in [1.807, 2.05) is 6.92 Å². The molecule has 1 aliphatic heterocycles. The number of likely N-dealkylation sites (N-methyl/N-ethyl adjacent to an activating group) is 1. The number of aliphatic hydroxyl groups is 2. The van der Waals surface area contributed by atoms with E-state index in [1.54, 1.807) is 27.7 Å². The van der Waals surface area contributed by atoms with E-state index in [4.69, 9.17) is 17.2 Å². The second-order valence-electron chi connectivity index (χ2n) is 12.8. The molecule has 6 amide bonds. The third-order valence-corrected chi connectivity index (χ3v) is 8.98. The zero-order valence-corrected chi connectivity index (χ0v) is 30.2. The van der Waals surface area contributed by atoms with E-state index in [2.05, 4.69) is 31.6 Å². The number of carbonyl (C=O) groups excluding carboxylic acids is 6.